The Kier molecular flexibility index (Phi) is 4.20. The molecule has 0 spiro atoms. The van der Waals surface area contributed by atoms with Crippen LogP contribution < -0.4 is 14.8 Å². The van der Waals surface area contributed by atoms with Crippen LogP contribution in [0.5, 0.6) is 11.5 Å². The Morgan fingerprint density at radius 1 is 1.32 bits per heavy atom. The molecule has 0 fully saturated rings. The maximum absolute atomic E-state index is 11.8. The topological polar surface area (TPSA) is 73.6 Å². The second-order valence-corrected chi connectivity index (χ2v) is 5.35. The molecule has 1 aromatic heterocycles. The average molecular weight is 323 g/mol. The number of carbonyl (C=O) groups is 1. The molecule has 1 aromatic carbocycles. The first-order valence-corrected chi connectivity index (χ1v) is 7.31. The highest BCUT2D eigenvalue weighted by atomic mass is 35.5. The molecule has 0 saturated carbocycles. The number of halogens is 1. The number of aryl methyl sites for hydroxylation is 1. The molecular weight excluding hydrogens is 308 g/mol. The van der Waals surface area contributed by atoms with E-state index in [9.17, 15) is 4.79 Å². The highest BCUT2D eigenvalue weighted by Gasteiger charge is 2.17. The van der Waals surface area contributed by atoms with Crippen LogP contribution in [0.4, 0.5) is 0 Å². The van der Waals surface area contributed by atoms with E-state index in [0.29, 0.717) is 48.4 Å². The van der Waals surface area contributed by atoms with Crippen molar-refractivity contribution in [2.45, 2.75) is 13.3 Å². The van der Waals surface area contributed by atoms with Gasteiger partial charge in [-0.25, -0.2) is 0 Å². The van der Waals surface area contributed by atoms with Crippen molar-refractivity contribution in [3.05, 3.63) is 40.2 Å². The van der Waals surface area contributed by atoms with Crippen molar-refractivity contribution in [1.82, 2.24) is 10.5 Å². The van der Waals surface area contributed by atoms with Gasteiger partial charge < -0.3 is 19.3 Å². The van der Waals surface area contributed by atoms with E-state index in [1.165, 1.54) is 0 Å². The SMILES string of the molecule is Cc1cc(C(=O)NCCc2cc(Cl)c3c(c2)OCCO3)on1. The fraction of sp³-hybridized carbons (Fsp3) is 0.333. The lowest BCUT2D eigenvalue weighted by Gasteiger charge is -2.20. The molecule has 0 bridgehead atoms. The zero-order chi connectivity index (χ0) is 15.5. The maximum Gasteiger partial charge on any atom is 0.289 e. The lowest BCUT2D eigenvalue weighted by atomic mass is 10.1. The second kappa shape index (κ2) is 6.27. The Bertz CT molecular complexity index is 699. The summed E-state index contributed by atoms with van der Waals surface area (Å²) in [5, 5.41) is 6.97. The summed E-state index contributed by atoms with van der Waals surface area (Å²) in [4.78, 5) is 11.8. The van der Waals surface area contributed by atoms with E-state index in [-0.39, 0.29) is 11.7 Å². The van der Waals surface area contributed by atoms with Gasteiger partial charge in [0, 0.05) is 12.6 Å². The van der Waals surface area contributed by atoms with Gasteiger partial charge in [0.05, 0.1) is 10.7 Å². The number of hydrogen-bond donors (Lipinski definition) is 1. The first-order chi connectivity index (χ1) is 10.6. The predicted octanol–water partition coefficient (Wildman–Crippen LogP) is 2.38. The molecular formula is C15H15ClN2O4. The van der Waals surface area contributed by atoms with Crippen molar-refractivity contribution in [3.63, 3.8) is 0 Å². The number of nitrogens with zero attached hydrogens (tertiary/aromatic N) is 1. The summed E-state index contributed by atoms with van der Waals surface area (Å²) in [5.41, 5.74) is 1.63. The normalized spacial score (nSPS) is 13.0. The predicted molar refractivity (Wildman–Crippen MR) is 79.7 cm³/mol. The van der Waals surface area contributed by atoms with E-state index in [1.807, 2.05) is 12.1 Å². The first-order valence-electron chi connectivity index (χ1n) is 6.93. The van der Waals surface area contributed by atoms with E-state index in [1.54, 1.807) is 13.0 Å². The van der Waals surface area contributed by atoms with Crippen molar-refractivity contribution < 1.29 is 18.8 Å². The Labute approximate surface area is 132 Å². The van der Waals surface area contributed by atoms with Gasteiger partial charge in [-0.1, -0.05) is 16.8 Å². The molecule has 7 heteroatoms. The Morgan fingerprint density at radius 2 is 2.14 bits per heavy atom. The lowest BCUT2D eigenvalue weighted by Crippen LogP contribution is -2.25. The Morgan fingerprint density at radius 3 is 2.91 bits per heavy atom. The molecule has 22 heavy (non-hydrogen) atoms. The van der Waals surface area contributed by atoms with E-state index < -0.39 is 0 Å². The van der Waals surface area contributed by atoms with E-state index in [2.05, 4.69) is 10.5 Å². The molecule has 0 radical (unpaired) electrons. The largest absolute Gasteiger partial charge is 0.486 e. The summed E-state index contributed by atoms with van der Waals surface area (Å²) in [6.45, 7) is 3.22. The molecule has 2 aromatic rings. The van der Waals surface area contributed by atoms with Gasteiger partial charge in [0.15, 0.2) is 11.5 Å². The number of amides is 1. The summed E-state index contributed by atoms with van der Waals surface area (Å²) in [6, 6.07) is 5.29. The highest BCUT2D eigenvalue weighted by molar-refractivity contribution is 6.32. The number of ether oxygens (including phenoxy) is 2. The summed E-state index contributed by atoms with van der Waals surface area (Å²) >= 11 is 6.17. The minimum absolute atomic E-state index is 0.206. The molecule has 1 N–H and O–H groups in total. The fourth-order valence-corrected chi connectivity index (χ4v) is 2.47. The number of aromatic nitrogens is 1. The zero-order valence-corrected chi connectivity index (χ0v) is 12.8. The van der Waals surface area contributed by atoms with Crippen molar-refractivity contribution in [3.8, 4) is 11.5 Å². The lowest BCUT2D eigenvalue weighted by molar-refractivity contribution is 0.0917. The number of hydrogen-bond acceptors (Lipinski definition) is 5. The Hall–Kier alpha value is -2.21. The Balaban J connectivity index is 1.60. The number of rotatable bonds is 4. The highest BCUT2D eigenvalue weighted by Crippen LogP contribution is 2.38. The molecule has 1 aliphatic rings. The van der Waals surface area contributed by atoms with Gasteiger partial charge in [-0.2, -0.15) is 0 Å². The van der Waals surface area contributed by atoms with Crippen molar-refractivity contribution in [1.29, 1.82) is 0 Å². The third-order valence-electron chi connectivity index (χ3n) is 3.21. The molecule has 0 atom stereocenters. The van der Waals surface area contributed by atoms with E-state index in [0.717, 1.165) is 5.56 Å². The fourth-order valence-electron chi connectivity index (χ4n) is 2.19. The van der Waals surface area contributed by atoms with Gasteiger partial charge >= 0.3 is 0 Å². The van der Waals surface area contributed by atoms with Gasteiger partial charge in [-0.05, 0) is 31.0 Å². The van der Waals surface area contributed by atoms with Gasteiger partial charge in [0.1, 0.15) is 13.2 Å². The van der Waals surface area contributed by atoms with Crippen molar-refractivity contribution in [2.75, 3.05) is 19.8 Å². The molecule has 1 amide bonds. The smallest absolute Gasteiger partial charge is 0.289 e. The van der Waals surface area contributed by atoms with Crippen LogP contribution in [-0.2, 0) is 6.42 Å². The van der Waals surface area contributed by atoms with Crippen LogP contribution in [0.2, 0.25) is 5.02 Å². The molecule has 3 rings (SSSR count). The molecule has 0 aliphatic carbocycles. The quantitative estimate of drug-likeness (QED) is 0.935. The third kappa shape index (κ3) is 3.17. The summed E-state index contributed by atoms with van der Waals surface area (Å²) in [6.07, 6.45) is 0.620. The van der Waals surface area contributed by atoms with Gasteiger partial charge in [0.2, 0.25) is 5.76 Å². The molecule has 116 valence electrons. The number of carbonyl (C=O) groups excluding carboxylic acids is 1. The minimum Gasteiger partial charge on any atom is -0.486 e. The molecule has 2 heterocycles. The van der Waals surface area contributed by atoms with Crippen molar-refractivity contribution >= 4 is 17.5 Å². The number of fused-ring (bicyclic) bond motifs is 1. The monoisotopic (exact) mass is 322 g/mol. The van der Waals surface area contributed by atoms with Gasteiger partial charge in [0.25, 0.3) is 5.91 Å². The summed E-state index contributed by atoms with van der Waals surface area (Å²) in [7, 11) is 0. The molecule has 1 aliphatic heterocycles. The van der Waals surface area contributed by atoms with Gasteiger partial charge in [-0.15, -0.1) is 0 Å². The average Bonchev–Trinajstić information content (AvgIpc) is 2.94. The second-order valence-electron chi connectivity index (χ2n) is 4.94. The number of benzene rings is 1. The minimum atomic E-state index is -0.288. The van der Waals surface area contributed by atoms with Crippen LogP contribution in [0, 0.1) is 6.92 Å². The van der Waals surface area contributed by atoms with Crippen LogP contribution in [0.3, 0.4) is 0 Å². The summed E-state index contributed by atoms with van der Waals surface area (Å²) in [5.74, 6) is 1.14. The molecule has 0 saturated heterocycles. The molecule has 0 unspecified atom stereocenters. The number of nitrogens with one attached hydrogen (secondary N) is 1. The van der Waals surface area contributed by atoms with Crippen LogP contribution in [-0.4, -0.2) is 30.8 Å². The molecule has 6 nitrogen and oxygen atoms in total. The van der Waals surface area contributed by atoms with Crippen LogP contribution >= 0.6 is 11.6 Å². The van der Waals surface area contributed by atoms with E-state index >= 15 is 0 Å². The standard InChI is InChI=1S/C15H15ClN2O4/c1-9-6-13(22-18-9)15(19)17-3-2-10-7-11(16)14-12(8-10)20-4-5-21-14/h6-8H,2-5H2,1H3,(H,17,19). The van der Waals surface area contributed by atoms with Crippen LogP contribution in [0.25, 0.3) is 0 Å². The van der Waals surface area contributed by atoms with Crippen LogP contribution in [0.15, 0.2) is 22.7 Å². The van der Waals surface area contributed by atoms with E-state index in [4.69, 9.17) is 25.6 Å². The maximum atomic E-state index is 11.8. The van der Waals surface area contributed by atoms with Crippen LogP contribution in [0.1, 0.15) is 21.8 Å². The third-order valence-corrected chi connectivity index (χ3v) is 3.49. The van der Waals surface area contributed by atoms with Gasteiger partial charge in [-0.3, -0.25) is 4.79 Å². The zero-order valence-electron chi connectivity index (χ0n) is 12.0. The van der Waals surface area contributed by atoms with Crippen molar-refractivity contribution in [2.24, 2.45) is 0 Å². The summed E-state index contributed by atoms with van der Waals surface area (Å²) < 4.78 is 15.9. The first kappa shape index (κ1) is 14.7.